The molecule has 1 aromatic carbocycles. The molecule has 2 aromatic heterocycles. The number of benzene rings is 1. The molecule has 0 spiro atoms. The van der Waals surface area contributed by atoms with Gasteiger partial charge < -0.3 is 9.47 Å². The van der Waals surface area contributed by atoms with Crippen molar-refractivity contribution in [3.63, 3.8) is 0 Å². The maximum Gasteiger partial charge on any atom is 0.206 e. The molecule has 0 aliphatic heterocycles. The standard InChI is InChI=1S/C21H22N4O2S/c1-15(2)12-23-21-25(24-13-16-7-9-22-10-8-16)19(14-28-21)18-6-5-17(26-3)11-20(18)27-4/h5-11,13-14H,1,12H2,2-4H3. The maximum absolute atomic E-state index is 5.57. The van der Waals surface area contributed by atoms with Gasteiger partial charge in [-0.1, -0.05) is 12.2 Å². The average Bonchev–Trinajstić information content (AvgIpc) is 3.13. The number of thiazole rings is 1. The molecule has 0 saturated carbocycles. The van der Waals surface area contributed by atoms with Gasteiger partial charge in [0.05, 0.1) is 32.7 Å². The Labute approximate surface area is 168 Å². The highest BCUT2D eigenvalue weighted by atomic mass is 32.1. The zero-order valence-corrected chi connectivity index (χ0v) is 16.9. The summed E-state index contributed by atoms with van der Waals surface area (Å²) in [6.45, 7) is 6.43. The quantitative estimate of drug-likeness (QED) is 0.450. The molecule has 0 saturated heterocycles. The molecular weight excluding hydrogens is 372 g/mol. The second kappa shape index (κ2) is 9.14. The minimum atomic E-state index is 0.546. The van der Waals surface area contributed by atoms with Gasteiger partial charge in [0.1, 0.15) is 11.5 Å². The van der Waals surface area contributed by atoms with E-state index in [1.807, 2.05) is 47.3 Å². The van der Waals surface area contributed by atoms with Crippen molar-refractivity contribution in [2.24, 2.45) is 10.1 Å². The highest BCUT2D eigenvalue weighted by Crippen LogP contribution is 2.33. The van der Waals surface area contributed by atoms with Gasteiger partial charge in [-0.2, -0.15) is 5.10 Å². The van der Waals surface area contributed by atoms with Gasteiger partial charge >= 0.3 is 0 Å². The molecule has 0 unspecified atom stereocenters. The molecular formula is C21H22N4O2S. The van der Waals surface area contributed by atoms with Crippen LogP contribution >= 0.6 is 11.3 Å². The Morgan fingerprint density at radius 3 is 2.68 bits per heavy atom. The summed E-state index contributed by atoms with van der Waals surface area (Å²) in [6.07, 6.45) is 5.26. The molecule has 2 heterocycles. The largest absolute Gasteiger partial charge is 0.497 e. The summed E-state index contributed by atoms with van der Waals surface area (Å²) in [5.41, 5.74) is 3.73. The van der Waals surface area contributed by atoms with E-state index in [2.05, 4.69) is 21.7 Å². The lowest BCUT2D eigenvalue weighted by Crippen LogP contribution is -2.13. The molecule has 0 aliphatic rings. The molecule has 28 heavy (non-hydrogen) atoms. The molecule has 0 N–H and O–H groups in total. The molecule has 0 bridgehead atoms. The zero-order valence-electron chi connectivity index (χ0n) is 16.1. The predicted octanol–water partition coefficient (Wildman–Crippen LogP) is 3.99. The third-order valence-corrected chi connectivity index (χ3v) is 4.74. The molecule has 3 aromatic rings. The van der Waals surface area contributed by atoms with Crippen LogP contribution in [0.4, 0.5) is 0 Å². The van der Waals surface area contributed by atoms with E-state index in [9.17, 15) is 0 Å². The monoisotopic (exact) mass is 394 g/mol. The van der Waals surface area contributed by atoms with Gasteiger partial charge in [0.15, 0.2) is 0 Å². The third-order valence-electron chi connectivity index (χ3n) is 3.88. The Morgan fingerprint density at radius 2 is 2.00 bits per heavy atom. The van der Waals surface area contributed by atoms with Crippen LogP contribution in [0.25, 0.3) is 11.3 Å². The average molecular weight is 395 g/mol. The molecule has 144 valence electrons. The lowest BCUT2D eigenvalue weighted by Gasteiger charge is -2.11. The smallest absolute Gasteiger partial charge is 0.206 e. The minimum absolute atomic E-state index is 0.546. The minimum Gasteiger partial charge on any atom is -0.497 e. The number of methoxy groups -OCH3 is 2. The van der Waals surface area contributed by atoms with Gasteiger partial charge in [0, 0.05) is 29.4 Å². The number of hydrogen-bond acceptors (Lipinski definition) is 6. The van der Waals surface area contributed by atoms with Crippen molar-refractivity contribution in [2.75, 3.05) is 20.8 Å². The Morgan fingerprint density at radius 1 is 1.21 bits per heavy atom. The number of ether oxygens (including phenoxy) is 2. The van der Waals surface area contributed by atoms with E-state index in [0.29, 0.717) is 12.3 Å². The summed E-state index contributed by atoms with van der Waals surface area (Å²) in [4.78, 5) is 9.46. The van der Waals surface area contributed by atoms with Gasteiger partial charge in [-0.05, 0) is 36.8 Å². The Hall–Kier alpha value is -3.19. The SMILES string of the molecule is C=C(C)CN=c1scc(-c2ccc(OC)cc2OC)n1N=Cc1ccncc1. The second-order valence-corrected chi connectivity index (χ2v) is 6.92. The van der Waals surface area contributed by atoms with Crippen molar-refractivity contribution in [1.82, 2.24) is 9.66 Å². The molecule has 0 radical (unpaired) electrons. The van der Waals surface area contributed by atoms with Crippen molar-refractivity contribution in [3.05, 3.63) is 70.6 Å². The fourth-order valence-electron chi connectivity index (χ4n) is 2.49. The Balaban J connectivity index is 2.13. The van der Waals surface area contributed by atoms with Gasteiger partial charge in [-0.25, -0.2) is 4.68 Å². The first-order chi connectivity index (χ1) is 13.6. The predicted molar refractivity (Wildman–Crippen MR) is 113 cm³/mol. The summed E-state index contributed by atoms with van der Waals surface area (Å²) < 4.78 is 12.7. The summed E-state index contributed by atoms with van der Waals surface area (Å²) in [6, 6.07) is 9.51. The highest BCUT2D eigenvalue weighted by molar-refractivity contribution is 7.07. The summed E-state index contributed by atoms with van der Waals surface area (Å²) in [5, 5.41) is 6.69. The number of hydrogen-bond donors (Lipinski definition) is 0. The first-order valence-electron chi connectivity index (χ1n) is 8.64. The number of rotatable bonds is 7. The summed E-state index contributed by atoms with van der Waals surface area (Å²) in [7, 11) is 3.27. The van der Waals surface area contributed by atoms with Crippen molar-refractivity contribution in [3.8, 4) is 22.8 Å². The van der Waals surface area contributed by atoms with Crippen LogP contribution in [-0.4, -0.2) is 36.6 Å². The Bertz CT molecular complexity index is 1050. The summed E-state index contributed by atoms with van der Waals surface area (Å²) >= 11 is 1.52. The second-order valence-electron chi connectivity index (χ2n) is 6.08. The van der Waals surface area contributed by atoms with E-state index in [1.54, 1.807) is 32.8 Å². The molecule has 0 amide bonds. The molecule has 0 fully saturated rings. The number of nitrogens with zero attached hydrogens (tertiary/aromatic N) is 4. The van der Waals surface area contributed by atoms with E-state index in [4.69, 9.17) is 9.47 Å². The highest BCUT2D eigenvalue weighted by Gasteiger charge is 2.13. The molecule has 3 rings (SSSR count). The lowest BCUT2D eigenvalue weighted by atomic mass is 10.1. The number of pyridine rings is 1. The fraction of sp³-hybridized carbons (Fsp3) is 0.190. The van der Waals surface area contributed by atoms with E-state index >= 15 is 0 Å². The maximum atomic E-state index is 5.57. The fourth-order valence-corrected chi connectivity index (χ4v) is 3.32. The van der Waals surface area contributed by atoms with Crippen molar-refractivity contribution >= 4 is 17.6 Å². The van der Waals surface area contributed by atoms with Gasteiger partial charge in [-0.15, -0.1) is 11.3 Å². The van der Waals surface area contributed by atoms with E-state index < -0.39 is 0 Å². The van der Waals surface area contributed by atoms with E-state index in [1.165, 1.54) is 11.3 Å². The van der Waals surface area contributed by atoms with Crippen LogP contribution < -0.4 is 14.3 Å². The molecule has 6 nitrogen and oxygen atoms in total. The Kier molecular flexibility index (Phi) is 6.39. The third kappa shape index (κ3) is 4.55. The molecule has 0 atom stereocenters. The van der Waals surface area contributed by atoms with Crippen molar-refractivity contribution in [2.45, 2.75) is 6.92 Å². The number of aromatic nitrogens is 2. The lowest BCUT2D eigenvalue weighted by molar-refractivity contribution is 0.395. The van der Waals surface area contributed by atoms with Crippen LogP contribution in [0.2, 0.25) is 0 Å². The van der Waals surface area contributed by atoms with Gasteiger partial charge in [-0.3, -0.25) is 9.98 Å². The topological polar surface area (TPSA) is 61.0 Å². The normalized spacial score (nSPS) is 11.8. The van der Waals surface area contributed by atoms with Gasteiger partial charge in [0.25, 0.3) is 0 Å². The van der Waals surface area contributed by atoms with E-state index in [-0.39, 0.29) is 0 Å². The van der Waals surface area contributed by atoms with Crippen LogP contribution in [0.3, 0.4) is 0 Å². The van der Waals surface area contributed by atoms with Gasteiger partial charge in [0.2, 0.25) is 4.80 Å². The summed E-state index contributed by atoms with van der Waals surface area (Å²) in [5.74, 6) is 1.44. The van der Waals surface area contributed by atoms with Crippen LogP contribution in [0.5, 0.6) is 11.5 Å². The van der Waals surface area contributed by atoms with Crippen LogP contribution in [0, 0.1) is 0 Å². The van der Waals surface area contributed by atoms with Crippen LogP contribution in [-0.2, 0) is 0 Å². The van der Waals surface area contributed by atoms with Crippen LogP contribution in [0.15, 0.2) is 70.4 Å². The van der Waals surface area contributed by atoms with Crippen LogP contribution in [0.1, 0.15) is 12.5 Å². The van der Waals surface area contributed by atoms with E-state index in [0.717, 1.165) is 32.9 Å². The molecule has 0 aliphatic carbocycles. The van der Waals surface area contributed by atoms with Crippen molar-refractivity contribution < 1.29 is 9.47 Å². The molecule has 7 heteroatoms. The first kappa shape index (κ1) is 19.6. The van der Waals surface area contributed by atoms with Crippen molar-refractivity contribution in [1.29, 1.82) is 0 Å². The first-order valence-corrected chi connectivity index (χ1v) is 9.52. The zero-order chi connectivity index (χ0) is 19.9.